The van der Waals surface area contributed by atoms with Crippen molar-refractivity contribution in [1.29, 1.82) is 0 Å². The molecule has 0 aliphatic heterocycles. The third-order valence-corrected chi connectivity index (χ3v) is 1.06. The zero-order valence-electron chi connectivity index (χ0n) is 6.55. The van der Waals surface area contributed by atoms with Gasteiger partial charge < -0.3 is 4.57 Å². The molecule has 0 fully saturated rings. The Morgan fingerprint density at radius 1 is 1.44 bits per heavy atom. The molecule has 1 aromatic heterocycles. The van der Waals surface area contributed by atoms with Gasteiger partial charge in [0, 0.05) is 19.4 Å². The molecule has 1 heterocycles. The van der Waals surface area contributed by atoms with Crippen LogP contribution in [0.5, 0.6) is 0 Å². The second-order valence-electron chi connectivity index (χ2n) is 1.59. The van der Waals surface area contributed by atoms with Crippen molar-refractivity contribution >= 4 is 0 Å². The molecule has 0 atom stereocenters. The Kier molecular flexibility index (Phi) is 3.76. The van der Waals surface area contributed by atoms with Gasteiger partial charge in [-0.3, -0.25) is 0 Å². The third-order valence-electron chi connectivity index (χ3n) is 1.06. The fraction of sp³-hybridized carbons (Fsp3) is 0.571. The summed E-state index contributed by atoms with van der Waals surface area (Å²) in [6.45, 7) is 5.97. The van der Waals surface area contributed by atoms with Crippen LogP contribution in [0.3, 0.4) is 0 Å². The van der Waals surface area contributed by atoms with Crippen LogP contribution >= 0.6 is 0 Å². The fourth-order valence-electron chi connectivity index (χ4n) is 0.440. The van der Waals surface area contributed by atoms with E-state index in [0.29, 0.717) is 0 Å². The summed E-state index contributed by atoms with van der Waals surface area (Å²) in [4.78, 5) is 3.98. The SMILES string of the molecule is CC.Cc1nccn1C. The maximum atomic E-state index is 3.98. The van der Waals surface area contributed by atoms with Crippen LogP contribution in [0.1, 0.15) is 19.7 Å². The molecule has 52 valence electrons. The van der Waals surface area contributed by atoms with Gasteiger partial charge in [0.05, 0.1) is 0 Å². The molecule has 0 N–H and O–H groups in total. The van der Waals surface area contributed by atoms with Gasteiger partial charge in [0.25, 0.3) is 0 Å². The van der Waals surface area contributed by atoms with Crippen LogP contribution in [0, 0.1) is 6.92 Å². The number of hydrogen-bond donors (Lipinski definition) is 0. The highest BCUT2D eigenvalue weighted by atomic mass is 15.0. The molecule has 0 aliphatic rings. The highest BCUT2D eigenvalue weighted by molar-refractivity contribution is 4.85. The summed E-state index contributed by atoms with van der Waals surface area (Å²) in [6.07, 6.45) is 3.71. The van der Waals surface area contributed by atoms with E-state index < -0.39 is 0 Å². The predicted octanol–water partition coefficient (Wildman–Crippen LogP) is 1.75. The van der Waals surface area contributed by atoms with Crippen LogP contribution in [0.2, 0.25) is 0 Å². The summed E-state index contributed by atoms with van der Waals surface area (Å²) < 4.78 is 1.97. The van der Waals surface area contributed by atoms with Crippen molar-refractivity contribution < 1.29 is 0 Å². The summed E-state index contributed by atoms with van der Waals surface area (Å²) >= 11 is 0. The molecule has 0 radical (unpaired) electrons. The molecule has 0 aromatic carbocycles. The van der Waals surface area contributed by atoms with Crippen molar-refractivity contribution in [2.24, 2.45) is 7.05 Å². The van der Waals surface area contributed by atoms with E-state index in [9.17, 15) is 0 Å². The minimum absolute atomic E-state index is 1.06. The van der Waals surface area contributed by atoms with Gasteiger partial charge in [-0.15, -0.1) is 0 Å². The predicted molar refractivity (Wildman–Crippen MR) is 39.3 cm³/mol. The highest BCUT2D eigenvalue weighted by Crippen LogP contribution is 1.86. The summed E-state index contributed by atoms with van der Waals surface area (Å²) in [5.41, 5.74) is 0. The van der Waals surface area contributed by atoms with E-state index in [4.69, 9.17) is 0 Å². The van der Waals surface area contributed by atoms with Gasteiger partial charge in [-0.1, -0.05) is 13.8 Å². The van der Waals surface area contributed by atoms with Gasteiger partial charge >= 0.3 is 0 Å². The maximum Gasteiger partial charge on any atom is 0.105 e. The summed E-state index contributed by atoms with van der Waals surface area (Å²) in [5, 5.41) is 0. The zero-order chi connectivity index (χ0) is 7.28. The van der Waals surface area contributed by atoms with Gasteiger partial charge in [-0.2, -0.15) is 0 Å². The van der Waals surface area contributed by atoms with E-state index in [1.807, 2.05) is 38.6 Å². The average Bonchev–Trinajstić information content (AvgIpc) is 2.23. The normalized spacial score (nSPS) is 8.00. The van der Waals surface area contributed by atoms with Gasteiger partial charge in [0.15, 0.2) is 0 Å². The van der Waals surface area contributed by atoms with Crippen molar-refractivity contribution in [2.45, 2.75) is 20.8 Å². The number of rotatable bonds is 0. The van der Waals surface area contributed by atoms with Crippen molar-refractivity contribution in [2.75, 3.05) is 0 Å². The van der Waals surface area contributed by atoms with Crippen LogP contribution in [0.25, 0.3) is 0 Å². The molecule has 0 aliphatic carbocycles. The van der Waals surface area contributed by atoms with E-state index in [1.165, 1.54) is 0 Å². The van der Waals surface area contributed by atoms with Crippen LogP contribution < -0.4 is 0 Å². The Labute approximate surface area is 56.5 Å². The minimum atomic E-state index is 1.06. The van der Waals surface area contributed by atoms with Crippen LogP contribution in [0.15, 0.2) is 12.4 Å². The molecule has 0 amide bonds. The minimum Gasteiger partial charge on any atom is -0.338 e. The first kappa shape index (κ1) is 8.21. The Bertz CT molecular complexity index is 139. The quantitative estimate of drug-likeness (QED) is 0.518. The van der Waals surface area contributed by atoms with E-state index in [1.54, 1.807) is 6.20 Å². The first-order chi connectivity index (χ1) is 4.30. The van der Waals surface area contributed by atoms with Gasteiger partial charge in [-0.25, -0.2) is 4.98 Å². The fourth-order valence-corrected chi connectivity index (χ4v) is 0.440. The van der Waals surface area contributed by atoms with E-state index in [0.717, 1.165) is 5.82 Å². The van der Waals surface area contributed by atoms with Gasteiger partial charge in [0.2, 0.25) is 0 Å². The lowest BCUT2D eigenvalue weighted by Crippen LogP contribution is -1.86. The topological polar surface area (TPSA) is 17.8 Å². The molecule has 1 rings (SSSR count). The smallest absolute Gasteiger partial charge is 0.105 e. The second kappa shape index (κ2) is 4.13. The van der Waals surface area contributed by atoms with Crippen LogP contribution in [-0.2, 0) is 7.05 Å². The first-order valence-electron chi connectivity index (χ1n) is 3.24. The van der Waals surface area contributed by atoms with E-state index in [-0.39, 0.29) is 0 Å². The van der Waals surface area contributed by atoms with Gasteiger partial charge in [0.1, 0.15) is 5.82 Å². The molecule has 1 aromatic rings. The van der Waals surface area contributed by atoms with Crippen LogP contribution in [0.4, 0.5) is 0 Å². The summed E-state index contributed by atoms with van der Waals surface area (Å²) in [7, 11) is 1.97. The van der Waals surface area contributed by atoms with Crippen molar-refractivity contribution in [3.05, 3.63) is 18.2 Å². The Balaban J connectivity index is 0.000000291. The maximum absolute atomic E-state index is 3.98. The largest absolute Gasteiger partial charge is 0.338 e. The zero-order valence-corrected chi connectivity index (χ0v) is 6.55. The summed E-state index contributed by atoms with van der Waals surface area (Å²) in [6, 6.07) is 0. The van der Waals surface area contributed by atoms with Crippen molar-refractivity contribution in [1.82, 2.24) is 9.55 Å². The van der Waals surface area contributed by atoms with Gasteiger partial charge in [-0.05, 0) is 6.92 Å². The van der Waals surface area contributed by atoms with Crippen molar-refractivity contribution in [3.63, 3.8) is 0 Å². The van der Waals surface area contributed by atoms with E-state index in [2.05, 4.69) is 4.98 Å². The number of aromatic nitrogens is 2. The molecule has 2 nitrogen and oxygen atoms in total. The molecule has 9 heavy (non-hydrogen) atoms. The lowest BCUT2D eigenvalue weighted by atomic mass is 10.7. The molecule has 0 saturated heterocycles. The standard InChI is InChI=1S/C5H8N2.C2H6/c1-5-6-3-4-7(5)2;1-2/h3-4H,1-2H3;1-2H3. The third kappa shape index (κ3) is 2.31. The number of aryl methyl sites for hydroxylation is 2. The van der Waals surface area contributed by atoms with Crippen LogP contribution in [-0.4, -0.2) is 9.55 Å². The Morgan fingerprint density at radius 3 is 2.11 bits per heavy atom. The molecule has 2 heteroatoms. The molecular weight excluding hydrogens is 112 g/mol. The first-order valence-corrected chi connectivity index (χ1v) is 3.24. The molecular formula is C7H14N2. The molecule has 0 spiro atoms. The number of hydrogen-bond acceptors (Lipinski definition) is 1. The lowest BCUT2D eigenvalue weighted by Gasteiger charge is -1.87. The Morgan fingerprint density at radius 2 is 2.00 bits per heavy atom. The number of imidazole rings is 1. The molecule has 0 bridgehead atoms. The second-order valence-corrected chi connectivity index (χ2v) is 1.59. The number of nitrogens with zero attached hydrogens (tertiary/aromatic N) is 2. The Hall–Kier alpha value is -0.790. The van der Waals surface area contributed by atoms with Crippen molar-refractivity contribution in [3.8, 4) is 0 Å². The molecule has 0 unspecified atom stereocenters. The monoisotopic (exact) mass is 126 g/mol. The highest BCUT2D eigenvalue weighted by Gasteiger charge is 1.83. The average molecular weight is 126 g/mol. The van der Waals surface area contributed by atoms with E-state index >= 15 is 0 Å². The lowest BCUT2D eigenvalue weighted by molar-refractivity contribution is 0.858. The molecule has 0 saturated carbocycles. The summed E-state index contributed by atoms with van der Waals surface area (Å²) in [5.74, 6) is 1.06.